The molecule has 0 unspecified atom stereocenters. The number of hydrogen-bond donors (Lipinski definition) is 2. The van der Waals surface area contributed by atoms with Gasteiger partial charge in [0.1, 0.15) is 17.6 Å². The third kappa shape index (κ3) is 2.94. The Morgan fingerprint density at radius 2 is 2.17 bits per heavy atom. The molecule has 0 aliphatic heterocycles. The molecule has 0 atom stereocenters. The van der Waals surface area contributed by atoms with Gasteiger partial charge in [-0.15, -0.1) is 11.3 Å². The summed E-state index contributed by atoms with van der Waals surface area (Å²) < 4.78 is 0.606. The standard InChI is InChI=1S/C15H6BrCl2N3O2S/c16-13-8(4-19)11(7-2-1-6(17)3-9(7)18)12(24-13)14-20-5-10(21-14)15(22)23/h1-3,5H,(H,20,21)(H,22,23). The highest BCUT2D eigenvalue weighted by molar-refractivity contribution is 9.11. The van der Waals surface area contributed by atoms with E-state index in [0.29, 0.717) is 41.2 Å². The molecule has 120 valence electrons. The van der Waals surface area contributed by atoms with Crippen LogP contribution >= 0.6 is 50.5 Å². The molecular weight excluding hydrogens is 437 g/mol. The first-order valence-corrected chi connectivity index (χ1v) is 8.75. The summed E-state index contributed by atoms with van der Waals surface area (Å²) in [6.45, 7) is 0. The summed E-state index contributed by atoms with van der Waals surface area (Å²) in [4.78, 5) is 18.5. The molecule has 5 nitrogen and oxygen atoms in total. The largest absolute Gasteiger partial charge is 0.477 e. The molecule has 2 aromatic heterocycles. The van der Waals surface area contributed by atoms with E-state index < -0.39 is 5.97 Å². The van der Waals surface area contributed by atoms with E-state index >= 15 is 0 Å². The van der Waals surface area contributed by atoms with Crippen molar-refractivity contribution in [3.63, 3.8) is 0 Å². The lowest BCUT2D eigenvalue weighted by Crippen LogP contribution is -1.95. The van der Waals surface area contributed by atoms with Gasteiger partial charge in [0.05, 0.1) is 20.4 Å². The van der Waals surface area contributed by atoms with Crippen LogP contribution in [0.4, 0.5) is 0 Å². The Hall–Kier alpha value is -1.85. The molecule has 0 aliphatic carbocycles. The molecule has 0 fully saturated rings. The monoisotopic (exact) mass is 441 g/mol. The Kier molecular flexibility index (Phi) is 4.65. The molecule has 0 bridgehead atoms. The van der Waals surface area contributed by atoms with Crippen molar-refractivity contribution in [1.29, 1.82) is 5.26 Å². The van der Waals surface area contributed by atoms with E-state index in [4.69, 9.17) is 28.3 Å². The number of hydrogen-bond acceptors (Lipinski definition) is 4. The molecule has 2 N–H and O–H groups in total. The number of aromatic amines is 1. The SMILES string of the molecule is N#Cc1c(Br)sc(-c2ncc(C(=O)O)[nH]2)c1-c1ccc(Cl)cc1Cl. The second kappa shape index (κ2) is 6.57. The first-order valence-electron chi connectivity index (χ1n) is 6.39. The van der Waals surface area contributed by atoms with E-state index in [9.17, 15) is 10.1 Å². The van der Waals surface area contributed by atoms with Crippen LogP contribution in [0, 0.1) is 11.3 Å². The molecule has 0 spiro atoms. The Morgan fingerprint density at radius 3 is 2.75 bits per heavy atom. The van der Waals surface area contributed by atoms with Gasteiger partial charge < -0.3 is 10.1 Å². The molecule has 9 heteroatoms. The number of halogens is 3. The highest BCUT2D eigenvalue weighted by atomic mass is 79.9. The van der Waals surface area contributed by atoms with Crippen LogP contribution in [-0.4, -0.2) is 21.0 Å². The summed E-state index contributed by atoms with van der Waals surface area (Å²) >= 11 is 16.9. The number of carboxylic acid groups (broad SMARTS) is 1. The molecule has 24 heavy (non-hydrogen) atoms. The zero-order valence-electron chi connectivity index (χ0n) is 11.6. The van der Waals surface area contributed by atoms with Crippen molar-refractivity contribution in [3.8, 4) is 27.9 Å². The molecule has 0 saturated carbocycles. The van der Waals surface area contributed by atoms with Crippen LogP contribution in [0.5, 0.6) is 0 Å². The van der Waals surface area contributed by atoms with E-state index in [-0.39, 0.29) is 5.69 Å². The number of aromatic nitrogens is 2. The number of imidazole rings is 1. The topological polar surface area (TPSA) is 89.8 Å². The highest BCUT2D eigenvalue weighted by Crippen LogP contribution is 2.46. The summed E-state index contributed by atoms with van der Waals surface area (Å²) in [6.07, 6.45) is 1.23. The Labute approximate surface area is 158 Å². The summed E-state index contributed by atoms with van der Waals surface area (Å²) in [5.41, 5.74) is 1.54. The van der Waals surface area contributed by atoms with Gasteiger partial charge in [-0.2, -0.15) is 5.26 Å². The van der Waals surface area contributed by atoms with Gasteiger partial charge in [0.15, 0.2) is 0 Å². The zero-order valence-corrected chi connectivity index (χ0v) is 15.5. The lowest BCUT2D eigenvalue weighted by Gasteiger charge is -2.06. The Morgan fingerprint density at radius 1 is 1.42 bits per heavy atom. The molecular formula is C15H6BrCl2N3O2S. The van der Waals surface area contributed by atoms with E-state index in [1.807, 2.05) is 0 Å². The summed E-state index contributed by atoms with van der Waals surface area (Å²) in [5, 5.41) is 19.4. The molecule has 2 heterocycles. The van der Waals surface area contributed by atoms with Crippen LogP contribution in [0.25, 0.3) is 21.8 Å². The molecule has 3 aromatic rings. The number of thiophene rings is 1. The van der Waals surface area contributed by atoms with Gasteiger partial charge in [0.2, 0.25) is 0 Å². The third-order valence-electron chi connectivity index (χ3n) is 3.20. The van der Waals surface area contributed by atoms with Crippen LogP contribution in [0.2, 0.25) is 10.0 Å². The number of benzene rings is 1. The lowest BCUT2D eigenvalue weighted by molar-refractivity contribution is 0.0691. The predicted molar refractivity (Wildman–Crippen MR) is 96.7 cm³/mol. The molecule has 0 aliphatic rings. The average Bonchev–Trinajstić information content (AvgIpc) is 3.12. The summed E-state index contributed by atoms with van der Waals surface area (Å²) in [7, 11) is 0. The maximum Gasteiger partial charge on any atom is 0.353 e. The van der Waals surface area contributed by atoms with Crippen molar-refractivity contribution in [2.24, 2.45) is 0 Å². The van der Waals surface area contributed by atoms with E-state index in [2.05, 4.69) is 32.0 Å². The van der Waals surface area contributed by atoms with Crippen LogP contribution in [0.1, 0.15) is 16.1 Å². The number of nitriles is 1. The Bertz CT molecular complexity index is 1010. The molecule has 0 amide bonds. The molecule has 3 rings (SSSR count). The van der Waals surface area contributed by atoms with Crippen molar-refractivity contribution in [1.82, 2.24) is 9.97 Å². The average molecular weight is 443 g/mol. The number of carbonyl (C=O) groups is 1. The van der Waals surface area contributed by atoms with Crippen molar-refractivity contribution in [2.45, 2.75) is 0 Å². The van der Waals surface area contributed by atoms with Gasteiger partial charge >= 0.3 is 5.97 Å². The number of nitrogens with one attached hydrogen (secondary N) is 1. The van der Waals surface area contributed by atoms with E-state index in [1.54, 1.807) is 18.2 Å². The second-order valence-electron chi connectivity index (χ2n) is 4.64. The fourth-order valence-corrected chi connectivity index (χ4v) is 4.38. The lowest BCUT2D eigenvalue weighted by atomic mass is 10.0. The summed E-state index contributed by atoms with van der Waals surface area (Å²) in [5.74, 6) is -0.767. The maximum atomic E-state index is 11.1. The van der Waals surface area contributed by atoms with Crippen LogP contribution in [0.3, 0.4) is 0 Å². The fraction of sp³-hybridized carbons (Fsp3) is 0. The number of nitrogens with zero attached hydrogens (tertiary/aromatic N) is 2. The van der Waals surface area contributed by atoms with E-state index in [0.717, 1.165) is 0 Å². The van der Waals surface area contributed by atoms with Crippen molar-refractivity contribution in [2.75, 3.05) is 0 Å². The number of rotatable bonds is 3. The van der Waals surface area contributed by atoms with Crippen LogP contribution < -0.4 is 0 Å². The van der Waals surface area contributed by atoms with Gasteiger partial charge in [-0.05, 0) is 28.1 Å². The Balaban J connectivity index is 2.28. The smallest absolute Gasteiger partial charge is 0.353 e. The molecule has 1 aromatic carbocycles. The fourth-order valence-electron chi connectivity index (χ4n) is 2.16. The highest BCUT2D eigenvalue weighted by Gasteiger charge is 2.23. The quantitative estimate of drug-likeness (QED) is 0.564. The van der Waals surface area contributed by atoms with Gasteiger partial charge in [-0.3, -0.25) is 0 Å². The second-order valence-corrected chi connectivity index (χ2v) is 7.82. The number of carboxylic acids is 1. The van der Waals surface area contributed by atoms with Crippen molar-refractivity contribution >= 4 is 56.4 Å². The first kappa shape index (κ1) is 17.0. The minimum atomic E-state index is -1.11. The molecule has 0 radical (unpaired) electrons. The van der Waals surface area contributed by atoms with Crippen LogP contribution in [-0.2, 0) is 0 Å². The third-order valence-corrected chi connectivity index (χ3v) is 5.61. The minimum Gasteiger partial charge on any atom is -0.477 e. The van der Waals surface area contributed by atoms with E-state index in [1.165, 1.54) is 17.5 Å². The minimum absolute atomic E-state index is 0.0406. The number of H-pyrrole nitrogens is 1. The van der Waals surface area contributed by atoms with Gasteiger partial charge in [-0.1, -0.05) is 29.3 Å². The normalized spacial score (nSPS) is 10.6. The van der Waals surface area contributed by atoms with Crippen molar-refractivity contribution in [3.05, 3.63) is 49.5 Å². The predicted octanol–water partition coefficient (Wildman–Crippen LogP) is 5.44. The van der Waals surface area contributed by atoms with Gasteiger partial charge in [0, 0.05) is 21.2 Å². The van der Waals surface area contributed by atoms with Gasteiger partial charge in [-0.25, -0.2) is 9.78 Å². The summed E-state index contributed by atoms with van der Waals surface area (Å²) in [6, 6.07) is 7.10. The van der Waals surface area contributed by atoms with Gasteiger partial charge in [0.25, 0.3) is 0 Å². The zero-order chi connectivity index (χ0) is 17.4. The van der Waals surface area contributed by atoms with Crippen LogP contribution in [0.15, 0.2) is 28.2 Å². The van der Waals surface area contributed by atoms with Crippen molar-refractivity contribution < 1.29 is 9.90 Å². The molecule has 0 saturated heterocycles. The first-order chi connectivity index (χ1) is 11.4. The number of aromatic carboxylic acids is 1. The maximum absolute atomic E-state index is 11.1.